The van der Waals surface area contributed by atoms with Crippen LogP contribution in [0, 0.1) is 0 Å². The van der Waals surface area contributed by atoms with Crippen molar-refractivity contribution >= 4 is 74.5 Å². The van der Waals surface area contributed by atoms with Gasteiger partial charge in [0.25, 0.3) is 6.71 Å². The first-order valence-electron chi connectivity index (χ1n) is 22.7. The average Bonchev–Trinajstić information content (AvgIpc) is 3.86. The van der Waals surface area contributed by atoms with Crippen LogP contribution in [0.5, 0.6) is 5.75 Å². The molecule has 0 N–H and O–H groups in total. The van der Waals surface area contributed by atoms with E-state index in [4.69, 9.17) is 9.15 Å². The normalized spacial score (nSPS) is 15.8. The van der Waals surface area contributed by atoms with Gasteiger partial charge in [-0.3, -0.25) is 0 Å². The number of fused-ring (bicyclic) bond motifs is 6. The molecule has 3 aliphatic rings. The number of ether oxygens (including phenoxy) is 1. The summed E-state index contributed by atoms with van der Waals surface area (Å²) in [6, 6.07) is 61.7. The minimum absolute atomic E-state index is 0.00412. The lowest BCUT2D eigenvalue weighted by molar-refractivity contribution is 0.169. The lowest BCUT2D eigenvalue weighted by atomic mass is 9.35. The Morgan fingerprint density at radius 1 is 0.562 bits per heavy atom. The molecule has 3 aliphatic heterocycles. The Labute approximate surface area is 378 Å². The van der Waals surface area contributed by atoms with E-state index in [1.54, 1.807) is 0 Å². The van der Waals surface area contributed by atoms with Crippen molar-refractivity contribution in [3.63, 3.8) is 0 Å². The third-order valence-corrected chi connectivity index (χ3v) is 13.7. The molecular formula is C58H54BN3O2. The maximum atomic E-state index is 7.41. The van der Waals surface area contributed by atoms with Gasteiger partial charge in [0.1, 0.15) is 11.9 Å². The number of anilines is 9. The van der Waals surface area contributed by atoms with Crippen LogP contribution in [0.25, 0.3) is 0 Å². The number of rotatable bonds is 6. The summed E-state index contributed by atoms with van der Waals surface area (Å²) in [5, 5.41) is 0. The van der Waals surface area contributed by atoms with Gasteiger partial charge in [0, 0.05) is 50.7 Å². The molecule has 0 saturated carbocycles. The van der Waals surface area contributed by atoms with Gasteiger partial charge < -0.3 is 23.9 Å². The first-order valence-corrected chi connectivity index (χ1v) is 22.7. The standard InChI is InChI=1S/C58H54BN3O2/c1-56(2,3)39-29-31-43(32-30-39)61-48-35-44(60(40-23-15-10-16-24-40)41-25-17-11-18-26-41)36-49-50(48)59(55-51(61)46(37-63-55)57(4,5)6)47-34-33-45-53(52(47)62(49)42-27-19-12-20-28-42)64-54(58(45,7)8)38-21-13-9-14-22-38/h9-37,54H,1-8H3. The van der Waals surface area contributed by atoms with Gasteiger partial charge in [-0.1, -0.05) is 165 Å². The van der Waals surface area contributed by atoms with Crippen molar-refractivity contribution in [2.45, 2.75) is 77.7 Å². The van der Waals surface area contributed by atoms with Gasteiger partial charge in [0.15, 0.2) is 0 Å². The molecule has 11 rings (SSSR count). The van der Waals surface area contributed by atoms with E-state index in [0.29, 0.717) is 0 Å². The zero-order valence-electron chi connectivity index (χ0n) is 38.1. The topological polar surface area (TPSA) is 32.1 Å². The Balaban J connectivity index is 1.27. The Hall–Kier alpha value is -6.92. The quantitative estimate of drug-likeness (QED) is 0.156. The van der Waals surface area contributed by atoms with Crippen LogP contribution in [0.3, 0.4) is 0 Å². The van der Waals surface area contributed by atoms with Crippen LogP contribution in [-0.4, -0.2) is 6.71 Å². The zero-order chi connectivity index (χ0) is 44.1. The molecule has 316 valence electrons. The maximum absolute atomic E-state index is 7.41. The van der Waals surface area contributed by atoms with E-state index in [1.165, 1.54) is 22.2 Å². The molecule has 7 aromatic carbocycles. The molecule has 64 heavy (non-hydrogen) atoms. The highest BCUT2D eigenvalue weighted by atomic mass is 16.5. The number of benzene rings is 7. The summed E-state index contributed by atoms with van der Waals surface area (Å²) in [7, 11) is 0. The molecule has 6 heteroatoms. The van der Waals surface area contributed by atoms with Crippen LogP contribution in [0.2, 0.25) is 0 Å². The maximum Gasteiger partial charge on any atom is 0.297 e. The van der Waals surface area contributed by atoms with E-state index >= 15 is 0 Å². The van der Waals surface area contributed by atoms with Crippen LogP contribution >= 0.6 is 0 Å². The lowest BCUT2D eigenvalue weighted by Gasteiger charge is -2.44. The van der Waals surface area contributed by atoms with E-state index < -0.39 is 0 Å². The first-order chi connectivity index (χ1) is 30.8. The summed E-state index contributed by atoms with van der Waals surface area (Å²) in [6.45, 7) is 18.1. The van der Waals surface area contributed by atoms with Gasteiger partial charge in [0.05, 0.1) is 29.0 Å². The van der Waals surface area contributed by atoms with Crippen molar-refractivity contribution < 1.29 is 9.15 Å². The predicted molar refractivity (Wildman–Crippen MR) is 268 cm³/mol. The summed E-state index contributed by atoms with van der Waals surface area (Å²) in [5.74, 6) is 0.921. The molecule has 1 aromatic heterocycles. The van der Waals surface area contributed by atoms with Crippen LogP contribution < -0.4 is 36.0 Å². The molecule has 8 aromatic rings. The first kappa shape index (κ1) is 39.9. The van der Waals surface area contributed by atoms with Crippen LogP contribution in [-0.2, 0) is 16.2 Å². The summed E-state index contributed by atoms with van der Waals surface area (Å²) in [6.07, 6.45) is 1.85. The zero-order valence-corrected chi connectivity index (χ0v) is 38.1. The number of hydrogen-bond donors (Lipinski definition) is 0. The molecule has 1 unspecified atom stereocenters. The smallest absolute Gasteiger partial charge is 0.297 e. The summed E-state index contributed by atoms with van der Waals surface area (Å²) >= 11 is 0. The second-order valence-electron chi connectivity index (χ2n) is 20.3. The third kappa shape index (κ3) is 6.21. The second-order valence-corrected chi connectivity index (χ2v) is 20.3. The van der Waals surface area contributed by atoms with Crippen molar-refractivity contribution in [1.82, 2.24) is 0 Å². The SMILES string of the molecule is CC(C)(C)c1ccc(N2c3cc(N(c4ccccc4)c4ccccc4)cc4c3B(c3ccc5c(c3N4c3ccccc3)OC(c3ccccc3)C5(C)C)c3occ(C(C)(C)C)c32)cc1. The molecule has 5 nitrogen and oxygen atoms in total. The van der Waals surface area contributed by atoms with Crippen molar-refractivity contribution in [3.05, 3.63) is 198 Å². The number of furan rings is 1. The number of hydrogen-bond acceptors (Lipinski definition) is 5. The lowest BCUT2D eigenvalue weighted by Crippen LogP contribution is -2.61. The Bertz CT molecular complexity index is 2980. The van der Waals surface area contributed by atoms with E-state index in [-0.39, 0.29) is 29.1 Å². The average molecular weight is 836 g/mol. The fourth-order valence-electron chi connectivity index (χ4n) is 10.4. The van der Waals surface area contributed by atoms with Gasteiger partial charge in [0.2, 0.25) is 0 Å². The number of para-hydroxylation sites is 3. The molecular weight excluding hydrogens is 781 g/mol. The summed E-state index contributed by atoms with van der Waals surface area (Å²) in [5.41, 5.74) is 17.3. The highest BCUT2D eigenvalue weighted by Gasteiger charge is 2.52. The highest BCUT2D eigenvalue weighted by molar-refractivity contribution is 6.99. The van der Waals surface area contributed by atoms with E-state index in [9.17, 15) is 0 Å². The van der Waals surface area contributed by atoms with Gasteiger partial charge >= 0.3 is 0 Å². The molecule has 0 saturated heterocycles. The van der Waals surface area contributed by atoms with Crippen molar-refractivity contribution in [3.8, 4) is 5.75 Å². The van der Waals surface area contributed by atoms with E-state index in [0.717, 1.165) is 73.6 Å². The van der Waals surface area contributed by atoms with Gasteiger partial charge in [-0.2, -0.15) is 0 Å². The van der Waals surface area contributed by atoms with Crippen LogP contribution in [0.15, 0.2) is 181 Å². The molecule has 0 amide bonds. The molecule has 4 heterocycles. The third-order valence-electron chi connectivity index (χ3n) is 13.7. The number of nitrogens with zero attached hydrogens (tertiary/aromatic N) is 3. The molecule has 0 bridgehead atoms. The van der Waals surface area contributed by atoms with Crippen molar-refractivity contribution in [1.29, 1.82) is 0 Å². The minimum Gasteiger partial charge on any atom is -0.482 e. The van der Waals surface area contributed by atoms with Crippen molar-refractivity contribution in [2.75, 3.05) is 14.7 Å². The molecule has 0 radical (unpaired) electrons. The summed E-state index contributed by atoms with van der Waals surface area (Å²) in [4.78, 5) is 7.36. The molecule has 0 fully saturated rings. The van der Waals surface area contributed by atoms with Crippen molar-refractivity contribution in [2.24, 2.45) is 0 Å². The van der Waals surface area contributed by atoms with Gasteiger partial charge in [-0.25, -0.2) is 0 Å². The van der Waals surface area contributed by atoms with Crippen LogP contribution in [0.4, 0.5) is 51.2 Å². The van der Waals surface area contributed by atoms with Gasteiger partial charge in [-0.05, 0) is 93.5 Å². The van der Waals surface area contributed by atoms with E-state index in [2.05, 4.69) is 240 Å². The molecule has 0 spiro atoms. The second kappa shape index (κ2) is 14.6. The summed E-state index contributed by atoms with van der Waals surface area (Å²) < 4.78 is 14.5. The fourth-order valence-corrected chi connectivity index (χ4v) is 10.4. The Morgan fingerprint density at radius 3 is 1.66 bits per heavy atom. The predicted octanol–water partition coefficient (Wildman–Crippen LogP) is 13.8. The Kier molecular flexibility index (Phi) is 9.08. The fraction of sp³-hybridized carbons (Fsp3) is 0.207. The Morgan fingerprint density at radius 2 is 1.09 bits per heavy atom. The molecule has 1 atom stereocenters. The minimum atomic E-state index is -0.309. The van der Waals surface area contributed by atoms with Crippen LogP contribution in [0.1, 0.15) is 83.7 Å². The van der Waals surface area contributed by atoms with Gasteiger partial charge in [-0.15, -0.1) is 0 Å². The molecule has 0 aliphatic carbocycles. The highest BCUT2D eigenvalue weighted by Crippen LogP contribution is 2.57. The van der Waals surface area contributed by atoms with E-state index in [1.807, 2.05) is 6.26 Å². The largest absolute Gasteiger partial charge is 0.482 e. The monoisotopic (exact) mass is 835 g/mol.